The zero-order valence-electron chi connectivity index (χ0n) is 13.0. The van der Waals surface area contributed by atoms with Gasteiger partial charge in [0.25, 0.3) is 0 Å². The molecule has 0 saturated heterocycles. The first-order valence-corrected chi connectivity index (χ1v) is 10.1. The summed E-state index contributed by atoms with van der Waals surface area (Å²) in [4.78, 5) is 0.232. The summed E-state index contributed by atoms with van der Waals surface area (Å²) >= 11 is 11.9. The molecule has 1 aliphatic rings. The fourth-order valence-electron chi connectivity index (χ4n) is 3.06. The lowest BCUT2D eigenvalue weighted by Gasteiger charge is -2.14. The molecule has 2 atom stereocenters. The highest BCUT2D eigenvalue weighted by atomic mass is 35.5. The second-order valence-electron chi connectivity index (χ2n) is 6.04. The van der Waals surface area contributed by atoms with Crippen LogP contribution in [0.25, 0.3) is 0 Å². The molecule has 2 aromatic rings. The van der Waals surface area contributed by atoms with Gasteiger partial charge in [-0.15, -0.1) is 0 Å². The smallest absolute Gasteiger partial charge is 0.182 e. The first kappa shape index (κ1) is 17.6. The van der Waals surface area contributed by atoms with E-state index in [9.17, 15) is 8.42 Å². The molecule has 1 aliphatic carbocycles. The predicted molar refractivity (Wildman–Crippen MR) is 96.7 cm³/mol. The number of benzene rings is 2. The molecule has 3 rings (SSSR count). The Labute approximate surface area is 152 Å². The van der Waals surface area contributed by atoms with Crippen LogP contribution in [0.2, 0.25) is 10.0 Å². The third-order valence-corrected chi connectivity index (χ3v) is 7.34. The summed E-state index contributed by atoms with van der Waals surface area (Å²) in [6, 6.07) is 13.8. The first-order valence-electron chi connectivity index (χ1n) is 7.83. The van der Waals surface area contributed by atoms with Gasteiger partial charge in [-0.25, -0.2) is 8.42 Å². The molecule has 128 valence electrons. The molecule has 0 aliphatic heterocycles. The number of rotatable bonds is 5. The fraction of sp³-hybridized carbons (Fsp3) is 0.333. The molecule has 0 bridgehead atoms. The van der Waals surface area contributed by atoms with Crippen molar-refractivity contribution in [1.82, 2.24) is 0 Å². The van der Waals surface area contributed by atoms with Crippen molar-refractivity contribution in [2.24, 2.45) is 5.92 Å². The van der Waals surface area contributed by atoms with Crippen LogP contribution in [0.5, 0.6) is 5.75 Å². The summed E-state index contributed by atoms with van der Waals surface area (Å²) in [5, 5.41) is 0.559. The maximum Gasteiger partial charge on any atom is 0.182 e. The van der Waals surface area contributed by atoms with Crippen molar-refractivity contribution in [2.75, 3.05) is 6.61 Å². The average Bonchev–Trinajstić information content (AvgIpc) is 3.04. The highest BCUT2D eigenvalue weighted by molar-refractivity contribution is 7.92. The van der Waals surface area contributed by atoms with Crippen molar-refractivity contribution < 1.29 is 13.2 Å². The average molecular weight is 385 g/mol. The normalized spacial score (nSPS) is 20.9. The molecule has 6 heteroatoms. The Kier molecular flexibility index (Phi) is 5.38. The van der Waals surface area contributed by atoms with Crippen LogP contribution in [-0.4, -0.2) is 20.3 Å². The monoisotopic (exact) mass is 384 g/mol. The Morgan fingerprint density at radius 3 is 2.42 bits per heavy atom. The highest BCUT2D eigenvalue weighted by Gasteiger charge is 2.36. The van der Waals surface area contributed by atoms with Gasteiger partial charge < -0.3 is 4.74 Å². The van der Waals surface area contributed by atoms with E-state index in [1.54, 1.807) is 36.4 Å². The van der Waals surface area contributed by atoms with Crippen molar-refractivity contribution >= 4 is 33.0 Å². The van der Waals surface area contributed by atoms with E-state index >= 15 is 0 Å². The van der Waals surface area contributed by atoms with Crippen molar-refractivity contribution in [3.05, 3.63) is 58.6 Å². The van der Waals surface area contributed by atoms with Crippen LogP contribution in [0.15, 0.2) is 53.4 Å². The topological polar surface area (TPSA) is 43.4 Å². The summed E-state index contributed by atoms with van der Waals surface area (Å²) in [5.41, 5.74) is 0. The second-order valence-corrected chi connectivity index (χ2v) is 9.08. The van der Waals surface area contributed by atoms with Crippen molar-refractivity contribution in [3.63, 3.8) is 0 Å². The predicted octanol–water partition coefficient (Wildman–Crippen LogP) is 5.01. The molecule has 3 nitrogen and oxygen atoms in total. The van der Waals surface area contributed by atoms with Crippen LogP contribution in [-0.2, 0) is 9.84 Å². The van der Waals surface area contributed by atoms with Crippen LogP contribution < -0.4 is 4.74 Å². The van der Waals surface area contributed by atoms with Gasteiger partial charge >= 0.3 is 0 Å². The lowest BCUT2D eigenvalue weighted by atomic mass is 10.1. The highest BCUT2D eigenvalue weighted by Crippen LogP contribution is 2.36. The summed E-state index contributed by atoms with van der Waals surface area (Å²) in [7, 11) is -3.40. The molecule has 24 heavy (non-hydrogen) atoms. The zero-order valence-corrected chi connectivity index (χ0v) is 15.3. The Morgan fingerprint density at radius 2 is 1.71 bits per heavy atom. The van der Waals surface area contributed by atoms with Gasteiger partial charge in [-0.2, -0.15) is 0 Å². The number of hydrogen-bond donors (Lipinski definition) is 0. The summed E-state index contributed by atoms with van der Waals surface area (Å²) in [5.74, 6) is 0.972. The largest absolute Gasteiger partial charge is 0.493 e. The van der Waals surface area contributed by atoms with E-state index in [-0.39, 0.29) is 10.8 Å². The van der Waals surface area contributed by atoms with Crippen molar-refractivity contribution in [2.45, 2.75) is 29.4 Å². The third-order valence-electron chi connectivity index (χ3n) is 4.37. The fourth-order valence-corrected chi connectivity index (χ4v) is 5.59. The Balaban J connectivity index is 1.62. The Hall–Kier alpha value is -1.23. The van der Waals surface area contributed by atoms with E-state index in [2.05, 4.69) is 0 Å². The van der Waals surface area contributed by atoms with Gasteiger partial charge in [0.05, 0.1) is 21.8 Å². The van der Waals surface area contributed by atoms with Gasteiger partial charge in [0, 0.05) is 5.02 Å². The molecular weight excluding hydrogens is 367 g/mol. The molecular formula is C18H18Cl2O3S. The van der Waals surface area contributed by atoms with Gasteiger partial charge in [-0.05, 0) is 61.6 Å². The van der Waals surface area contributed by atoms with Crippen LogP contribution in [0, 0.1) is 5.92 Å². The maximum atomic E-state index is 12.8. The molecule has 0 unspecified atom stereocenters. The molecule has 1 saturated carbocycles. The van der Waals surface area contributed by atoms with Crippen LogP contribution in [0.3, 0.4) is 0 Å². The molecule has 1 fully saturated rings. The second kappa shape index (κ2) is 7.34. The number of sulfone groups is 1. The first-order chi connectivity index (χ1) is 11.5. The van der Waals surface area contributed by atoms with E-state index in [1.807, 2.05) is 12.1 Å². The Morgan fingerprint density at radius 1 is 1.00 bits per heavy atom. The Bertz CT molecular complexity index is 803. The molecule has 0 radical (unpaired) electrons. The van der Waals surface area contributed by atoms with Crippen LogP contribution in [0.1, 0.15) is 19.3 Å². The molecule has 0 spiro atoms. The minimum atomic E-state index is -3.40. The van der Waals surface area contributed by atoms with Crippen molar-refractivity contribution in [3.8, 4) is 5.75 Å². The molecule has 0 amide bonds. The van der Waals surface area contributed by atoms with E-state index in [0.717, 1.165) is 12.2 Å². The van der Waals surface area contributed by atoms with Crippen LogP contribution >= 0.6 is 23.2 Å². The summed E-state index contributed by atoms with van der Waals surface area (Å²) in [6.07, 6.45) is 2.07. The number of hydrogen-bond acceptors (Lipinski definition) is 3. The quantitative estimate of drug-likeness (QED) is 0.726. The minimum absolute atomic E-state index is 0.225. The van der Waals surface area contributed by atoms with E-state index in [0.29, 0.717) is 29.5 Å². The van der Waals surface area contributed by atoms with Gasteiger partial charge in [0.2, 0.25) is 0 Å². The summed E-state index contributed by atoms with van der Waals surface area (Å²) in [6.45, 7) is 0.510. The van der Waals surface area contributed by atoms with Gasteiger partial charge in [0.1, 0.15) is 5.75 Å². The van der Waals surface area contributed by atoms with Crippen molar-refractivity contribution in [1.29, 1.82) is 0 Å². The van der Waals surface area contributed by atoms with Gasteiger partial charge in [0.15, 0.2) is 9.84 Å². The van der Waals surface area contributed by atoms with E-state index in [4.69, 9.17) is 27.9 Å². The zero-order chi connectivity index (χ0) is 17.2. The molecule has 0 heterocycles. The maximum absolute atomic E-state index is 12.8. The minimum Gasteiger partial charge on any atom is -0.493 e. The lowest BCUT2D eigenvalue weighted by molar-refractivity contribution is 0.252. The molecule has 2 aromatic carbocycles. The van der Waals surface area contributed by atoms with Gasteiger partial charge in [-0.1, -0.05) is 35.3 Å². The van der Waals surface area contributed by atoms with Gasteiger partial charge in [-0.3, -0.25) is 0 Å². The lowest BCUT2D eigenvalue weighted by Crippen LogP contribution is -2.20. The number of halogens is 2. The number of ether oxygens (including phenoxy) is 1. The van der Waals surface area contributed by atoms with E-state index < -0.39 is 15.1 Å². The molecule has 0 aromatic heterocycles. The SMILES string of the molecule is O=S(=O)(c1ccccc1Cl)[C@@H]1CC[C@@H](COc2ccc(Cl)cc2)C1. The summed E-state index contributed by atoms with van der Waals surface area (Å²) < 4.78 is 31.3. The van der Waals surface area contributed by atoms with Crippen LogP contribution in [0.4, 0.5) is 0 Å². The van der Waals surface area contributed by atoms with E-state index in [1.165, 1.54) is 0 Å². The molecule has 0 N–H and O–H groups in total. The third kappa shape index (κ3) is 3.88. The standard InChI is InChI=1S/C18H18Cl2O3S/c19-14-6-8-15(9-7-14)23-12-13-5-10-16(11-13)24(21,22)18-4-2-1-3-17(18)20/h1-4,6-9,13,16H,5,10-12H2/t13-,16-/m1/s1.